The Bertz CT molecular complexity index is 1070. The molecular formula is C19H16N4O3S. The molecule has 1 N–H and O–H groups in total. The van der Waals surface area contributed by atoms with Crippen LogP contribution in [0.15, 0.2) is 53.4 Å². The predicted molar refractivity (Wildman–Crippen MR) is 103 cm³/mol. The van der Waals surface area contributed by atoms with Gasteiger partial charge in [-0.3, -0.25) is 9.78 Å². The second-order valence-electron chi connectivity index (χ2n) is 5.76. The largest absolute Gasteiger partial charge is 0.383 e. The number of pyridine rings is 1. The molecular weight excluding hydrogens is 364 g/mol. The van der Waals surface area contributed by atoms with E-state index in [0.29, 0.717) is 34.3 Å². The van der Waals surface area contributed by atoms with Crippen molar-refractivity contribution >= 4 is 28.2 Å². The molecule has 136 valence electrons. The van der Waals surface area contributed by atoms with Crippen molar-refractivity contribution in [3.63, 3.8) is 0 Å². The molecule has 0 unspecified atom stereocenters. The average molecular weight is 380 g/mol. The van der Waals surface area contributed by atoms with Gasteiger partial charge in [-0.25, -0.2) is 4.98 Å². The molecule has 0 saturated heterocycles. The average Bonchev–Trinajstić information content (AvgIpc) is 3.35. The lowest BCUT2D eigenvalue weighted by atomic mass is 10.1. The number of nitrogens with zero attached hydrogens (tertiary/aromatic N) is 3. The maximum Gasteiger partial charge on any atom is 0.263 e. The molecule has 8 heteroatoms. The molecule has 27 heavy (non-hydrogen) atoms. The molecule has 1 amide bonds. The van der Waals surface area contributed by atoms with Gasteiger partial charge in [-0.05, 0) is 35.4 Å². The van der Waals surface area contributed by atoms with Crippen molar-refractivity contribution in [1.29, 1.82) is 0 Å². The number of ether oxygens (including phenoxy) is 1. The number of nitrogens with one attached hydrogen (secondary N) is 1. The highest BCUT2D eigenvalue weighted by atomic mass is 32.1. The van der Waals surface area contributed by atoms with Gasteiger partial charge in [-0.1, -0.05) is 11.2 Å². The Morgan fingerprint density at radius 2 is 2.07 bits per heavy atom. The van der Waals surface area contributed by atoms with E-state index in [1.807, 2.05) is 30.3 Å². The Hall–Kier alpha value is -3.10. The standard InChI is InChI=1S/C19H16N4O3S/c1-25-9-8-21-18(24)16-11-22-19(27-16)17-14-3-2-13(10-15(14)26-23-17)12-4-6-20-7-5-12/h2-7,10-11H,8-9H2,1H3,(H,21,24). The molecule has 1 aromatic carbocycles. The molecule has 0 radical (unpaired) electrons. The number of rotatable bonds is 6. The molecule has 4 aromatic rings. The van der Waals surface area contributed by atoms with Gasteiger partial charge in [0.05, 0.1) is 18.2 Å². The lowest BCUT2D eigenvalue weighted by Crippen LogP contribution is -2.26. The van der Waals surface area contributed by atoms with E-state index >= 15 is 0 Å². The van der Waals surface area contributed by atoms with Gasteiger partial charge in [-0.2, -0.15) is 0 Å². The third kappa shape index (κ3) is 3.57. The van der Waals surface area contributed by atoms with E-state index < -0.39 is 0 Å². The summed E-state index contributed by atoms with van der Waals surface area (Å²) in [7, 11) is 1.59. The van der Waals surface area contributed by atoms with Gasteiger partial charge >= 0.3 is 0 Å². The van der Waals surface area contributed by atoms with E-state index in [0.717, 1.165) is 16.5 Å². The van der Waals surface area contributed by atoms with E-state index in [4.69, 9.17) is 9.26 Å². The minimum Gasteiger partial charge on any atom is -0.383 e. The van der Waals surface area contributed by atoms with Crippen LogP contribution in [0, 0.1) is 0 Å². The number of carbonyl (C=O) groups is 1. The molecule has 0 aliphatic carbocycles. The number of thiazole rings is 1. The van der Waals surface area contributed by atoms with Gasteiger partial charge in [0.1, 0.15) is 15.6 Å². The molecule has 4 rings (SSSR count). The van der Waals surface area contributed by atoms with Crippen molar-refractivity contribution < 1.29 is 14.1 Å². The second kappa shape index (κ2) is 7.65. The van der Waals surface area contributed by atoms with Crippen LogP contribution in [0.1, 0.15) is 9.67 Å². The maximum absolute atomic E-state index is 12.1. The smallest absolute Gasteiger partial charge is 0.263 e. The summed E-state index contributed by atoms with van der Waals surface area (Å²) in [4.78, 5) is 21.0. The number of fused-ring (bicyclic) bond motifs is 1. The first-order valence-electron chi connectivity index (χ1n) is 8.29. The van der Waals surface area contributed by atoms with Crippen LogP contribution in [0.5, 0.6) is 0 Å². The van der Waals surface area contributed by atoms with Crippen LogP contribution >= 0.6 is 11.3 Å². The zero-order valence-electron chi connectivity index (χ0n) is 14.5. The van der Waals surface area contributed by atoms with Crippen LogP contribution in [-0.4, -0.2) is 41.3 Å². The second-order valence-corrected chi connectivity index (χ2v) is 6.79. The lowest BCUT2D eigenvalue weighted by molar-refractivity contribution is 0.0941. The summed E-state index contributed by atoms with van der Waals surface area (Å²) in [5.41, 5.74) is 3.37. The Balaban J connectivity index is 1.60. The number of hydrogen-bond donors (Lipinski definition) is 1. The molecule has 0 fully saturated rings. The normalized spacial score (nSPS) is 11.0. The summed E-state index contributed by atoms with van der Waals surface area (Å²) in [5, 5.41) is 8.43. The molecule has 0 aliphatic rings. The summed E-state index contributed by atoms with van der Waals surface area (Å²) < 4.78 is 10.4. The summed E-state index contributed by atoms with van der Waals surface area (Å²) in [5.74, 6) is -0.177. The topological polar surface area (TPSA) is 90.1 Å². The fourth-order valence-corrected chi connectivity index (χ4v) is 3.49. The van der Waals surface area contributed by atoms with E-state index in [1.165, 1.54) is 11.3 Å². The van der Waals surface area contributed by atoms with Crippen LogP contribution in [0.3, 0.4) is 0 Å². The summed E-state index contributed by atoms with van der Waals surface area (Å²) in [6, 6.07) is 9.77. The van der Waals surface area contributed by atoms with Gasteiger partial charge < -0.3 is 14.6 Å². The van der Waals surface area contributed by atoms with Gasteiger partial charge in [0.25, 0.3) is 5.91 Å². The summed E-state index contributed by atoms with van der Waals surface area (Å²) in [6.45, 7) is 0.915. The van der Waals surface area contributed by atoms with Crippen LogP contribution in [-0.2, 0) is 4.74 Å². The zero-order chi connectivity index (χ0) is 18.6. The minimum atomic E-state index is -0.177. The number of aromatic nitrogens is 3. The lowest BCUT2D eigenvalue weighted by Gasteiger charge is -2.01. The van der Waals surface area contributed by atoms with Gasteiger partial charge in [0.2, 0.25) is 0 Å². The highest BCUT2D eigenvalue weighted by Gasteiger charge is 2.17. The number of amides is 1. The molecule has 7 nitrogen and oxygen atoms in total. The first-order chi connectivity index (χ1) is 13.3. The third-order valence-electron chi connectivity index (χ3n) is 4.01. The molecule has 0 atom stereocenters. The molecule has 3 heterocycles. The summed E-state index contributed by atoms with van der Waals surface area (Å²) in [6.07, 6.45) is 5.05. The van der Waals surface area contributed by atoms with Gasteiger partial charge in [0, 0.05) is 26.0 Å². The Labute approximate surface area is 159 Å². The highest BCUT2D eigenvalue weighted by molar-refractivity contribution is 7.17. The van der Waals surface area contributed by atoms with Crippen molar-refractivity contribution in [2.45, 2.75) is 0 Å². The number of benzene rings is 1. The molecule has 0 spiro atoms. The molecule has 0 saturated carbocycles. The number of methoxy groups -OCH3 is 1. The quantitative estimate of drug-likeness (QED) is 0.516. The van der Waals surface area contributed by atoms with Crippen LogP contribution in [0.2, 0.25) is 0 Å². The van der Waals surface area contributed by atoms with Gasteiger partial charge in [0.15, 0.2) is 5.58 Å². The fourth-order valence-electron chi connectivity index (χ4n) is 2.66. The van der Waals surface area contributed by atoms with E-state index in [-0.39, 0.29) is 5.91 Å². The predicted octanol–water partition coefficient (Wildman–Crippen LogP) is 3.39. The van der Waals surface area contributed by atoms with Crippen LogP contribution < -0.4 is 5.32 Å². The first kappa shape index (κ1) is 17.3. The van der Waals surface area contributed by atoms with E-state index in [9.17, 15) is 4.79 Å². The highest BCUT2D eigenvalue weighted by Crippen LogP contribution is 2.33. The molecule has 3 aromatic heterocycles. The summed E-state index contributed by atoms with van der Waals surface area (Å²) >= 11 is 1.28. The Morgan fingerprint density at radius 1 is 1.22 bits per heavy atom. The number of carbonyl (C=O) groups excluding carboxylic acids is 1. The van der Waals surface area contributed by atoms with E-state index in [1.54, 1.807) is 25.7 Å². The monoisotopic (exact) mass is 380 g/mol. The third-order valence-corrected chi connectivity index (χ3v) is 5.01. The van der Waals surface area contributed by atoms with Crippen molar-refractivity contribution in [2.24, 2.45) is 0 Å². The van der Waals surface area contributed by atoms with Crippen LogP contribution in [0.4, 0.5) is 0 Å². The Kier molecular flexibility index (Phi) is 4.91. The molecule has 0 bridgehead atoms. The molecule has 0 aliphatic heterocycles. The van der Waals surface area contributed by atoms with Crippen LogP contribution in [0.25, 0.3) is 32.8 Å². The zero-order valence-corrected chi connectivity index (χ0v) is 15.3. The SMILES string of the molecule is COCCNC(=O)c1cnc(-c2noc3cc(-c4ccncc4)ccc23)s1. The fraction of sp³-hybridized carbons (Fsp3) is 0.158. The van der Waals surface area contributed by atoms with E-state index in [2.05, 4.69) is 20.4 Å². The van der Waals surface area contributed by atoms with Crippen molar-refractivity contribution in [3.05, 3.63) is 53.8 Å². The number of hydrogen-bond acceptors (Lipinski definition) is 7. The van der Waals surface area contributed by atoms with Crippen molar-refractivity contribution in [2.75, 3.05) is 20.3 Å². The maximum atomic E-state index is 12.1. The Morgan fingerprint density at radius 3 is 2.89 bits per heavy atom. The first-order valence-corrected chi connectivity index (χ1v) is 9.11. The van der Waals surface area contributed by atoms with Crippen molar-refractivity contribution in [3.8, 4) is 21.8 Å². The van der Waals surface area contributed by atoms with Gasteiger partial charge in [-0.15, -0.1) is 11.3 Å². The minimum absolute atomic E-state index is 0.177. The van der Waals surface area contributed by atoms with Crippen molar-refractivity contribution in [1.82, 2.24) is 20.4 Å².